The maximum Gasteiger partial charge on any atom is 0.303 e. The molecule has 0 spiro atoms. The predicted molar refractivity (Wildman–Crippen MR) is 65.7 cm³/mol. The van der Waals surface area contributed by atoms with Crippen molar-refractivity contribution >= 4 is 11.7 Å². The summed E-state index contributed by atoms with van der Waals surface area (Å²) in [5.74, 6) is -0.753. The summed E-state index contributed by atoms with van der Waals surface area (Å²) in [6, 6.07) is 8.00. The minimum atomic E-state index is -0.753. The lowest BCUT2D eigenvalue weighted by molar-refractivity contribution is -0.139. The van der Waals surface area contributed by atoms with Gasteiger partial charge in [0.1, 0.15) is 0 Å². The van der Waals surface area contributed by atoms with Crippen LogP contribution in [0.3, 0.4) is 0 Å². The number of carboxylic acid groups (broad SMARTS) is 1. The highest BCUT2D eigenvalue weighted by molar-refractivity contribution is 5.67. The normalized spacial score (nSPS) is 11.2. The highest BCUT2D eigenvalue weighted by Gasteiger charge is 2.21. The zero-order valence-corrected chi connectivity index (χ0v) is 10.1. The summed E-state index contributed by atoms with van der Waals surface area (Å²) in [6.07, 6.45) is 0.173. The van der Waals surface area contributed by atoms with Crippen LogP contribution in [-0.2, 0) is 4.79 Å². The third-order valence-corrected chi connectivity index (χ3v) is 2.53. The third-order valence-electron chi connectivity index (χ3n) is 2.53. The number of carbonyl (C=O) groups is 1. The Hall–Kier alpha value is -1.51. The van der Waals surface area contributed by atoms with Crippen molar-refractivity contribution < 1.29 is 9.90 Å². The Morgan fingerprint density at radius 2 is 2.00 bits per heavy atom. The molecule has 0 aliphatic carbocycles. The molecule has 0 unspecified atom stereocenters. The summed E-state index contributed by atoms with van der Waals surface area (Å²) in [7, 11) is 0. The van der Waals surface area contributed by atoms with E-state index in [-0.39, 0.29) is 11.8 Å². The van der Waals surface area contributed by atoms with Crippen LogP contribution in [-0.4, -0.2) is 17.6 Å². The van der Waals surface area contributed by atoms with Crippen LogP contribution in [0.25, 0.3) is 0 Å². The molecule has 0 bridgehead atoms. The molecule has 0 heterocycles. The Morgan fingerprint density at radius 3 is 2.56 bits per heavy atom. The number of nitrogens with one attached hydrogen (secondary N) is 1. The van der Waals surface area contributed by atoms with Gasteiger partial charge in [-0.1, -0.05) is 32.0 Å². The topological polar surface area (TPSA) is 49.3 Å². The smallest absolute Gasteiger partial charge is 0.303 e. The third kappa shape index (κ3) is 3.93. The minimum Gasteiger partial charge on any atom is -0.481 e. The average Bonchev–Trinajstić information content (AvgIpc) is 2.14. The molecule has 88 valence electrons. The Morgan fingerprint density at radius 1 is 1.38 bits per heavy atom. The molecule has 1 rings (SSSR count). The number of anilines is 1. The minimum absolute atomic E-state index is 0.173. The summed E-state index contributed by atoms with van der Waals surface area (Å²) < 4.78 is 0. The van der Waals surface area contributed by atoms with Crippen molar-refractivity contribution in [2.75, 3.05) is 11.9 Å². The van der Waals surface area contributed by atoms with Crippen LogP contribution in [0.1, 0.15) is 25.8 Å². The van der Waals surface area contributed by atoms with Crippen LogP contribution < -0.4 is 5.32 Å². The van der Waals surface area contributed by atoms with Gasteiger partial charge in [0, 0.05) is 12.2 Å². The largest absolute Gasteiger partial charge is 0.481 e. The Balaban J connectivity index is 2.57. The van der Waals surface area contributed by atoms with E-state index in [1.54, 1.807) is 0 Å². The van der Waals surface area contributed by atoms with E-state index in [1.807, 2.05) is 45.0 Å². The van der Waals surface area contributed by atoms with Crippen molar-refractivity contribution in [3.63, 3.8) is 0 Å². The molecule has 1 aromatic rings. The van der Waals surface area contributed by atoms with E-state index < -0.39 is 5.97 Å². The first-order valence-corrected chi connectivity index (χ1v) is 5.42. The molecule has 16 heavy (non-hydrogen) atoms. The van der Waals surface area contributed by atoms with Gasteiger partial charge < -0.3 is 10.4 Å². The fraction of sp³-hybridized carbons (Fsp3) is 0.462. The van der Waals surface area contributed by atoms with E-state index in [0.29, 0.717) is 6.54 Å². The molecular formula is C13H19NO2. The summed E-state index contributed by atoms with van der Waals surface area (Å²) >= 11 is 0. The number of hydrogen-bond donors (Lipinski definition) is 2. The first-order chi connectivity index (χ1) is 7.41. The highest BCUT2D eigenvalue weighted by Crippen LogP contribution is 2.22. The number of aliphatic carboxylic acids is 1. The van der Waals surface area contributed by atoms with Crippen molar-refractivity contribution in [3.05, 3.63) is 29.8 Å². The number of carboxylic acids is 1. The van der Waals surface area contributed by atoms with Gasteiger partial charge in [-0.2, -0.15) is 0 Å². The molecule has 0 aliphatic heterocycles. The van der Waals surface area contributed by atoms with E-state index in [0.717, 1.165) is 5.69 Å². The summed E-state index contributed by atoms with van der Waals surface area (Å²) in [4.78, 5) is 10.7. The number of rotatable bonds is 5. The molecule has 3 nitrogen and oxygen atoms in total. The molecule has 0 radical (unpaired) electrons. The van der Waals surface area contributed by atoms with Crippen LogP contribution in [0.2, 0.25) is 0 Å². The Labute approximate surface area is 96.5 Å². The Bertz CT molecular complexity index is 372. The second kappa shape index (κ2) is 5.01. The fourth-order valence-electron chi connectivity index (χ4n) is 1.58. The van der Waals surface area contributed by atoms with E-state index in [9.17, 15) is 4.79 Å². The fourth-order valence-corrected chi connectivity index (χ4v) is 1.58. The zero-order chi connectivity index (χ0) is 12.2. The first kappa shape index (κ1) is 12.6. The molecule has 0 aliphatic rings. The van der Waals surface area contributed by atoms with Gasteiger partial charge >= 0.3 is 5.97 Å². The molecule has 3 heteroatoms. The van der Waals surface area contributed by atoms with E-state index in [1.165, 1.54) is 5.56 Å². The lowest BCUT2D eigenvalue weighted by Gasteiger charge is -2.24. The van der Waals surface area contributed by atoms with Gasteiger partial charge in [0.05, 0.1) is 6.42 Å². The number of benzene rings is 1. The zero-order valence-electron chi connectivity index (χ0n) is 10.1. The van der Waals surface area contributed by atoms with E-state index >= 15 is 0 Å². The number of para-hydroxylation sites is 1. The molecular weight excluding hydrogens is 202 g/mol. The SMILES string of the molecule is Cc1ccccc1NCC(C)(C)CC(=O)O. The van der Waals surface area contributed by atoms with Crippen molar-refractivity contribution in [1.29, 1.82) is 0 Å². The summed E-state index contributed by atoms with van der Waals surface area (Å²) in [5, 5.41) is 12.1. The van der Waals surface area contributed by atoms with Crippen LogP contribution in [0.5, 0.6) is 0 Å². The van der Waals surface area contributed by atoms with Gasteiger partial charge in [-0.25, -0.2) is 0 Å². The average molecular weight is 221 g/mol. The quantitative estimate of drug-likeness (QED) is 0.803. The van der Waals surface area contributed by atoms with E-state index in [2.05, 4.69) is 5.32 Å². The van der Waals surface area contributed by atoms with Gasteiger partial charge in [-0.05, 0) is 24.0 Å². The van der Waals surface area contributed by atoms with Gasteiger partial charge in [-0.3, -0.25) is 4.79 Å². The monoisotopic (exact) mass is 221 g/mol. The second-order valence-electron chi connectivity index (χ2n) is 4.90. The lowest BCUT2D eigenvalue weighted by atomic mass is 9.89. The second-order valence-corrected chi connectivity index (χ2v) is 4.90. The van der Waals surface area contributed by atoms with Crippen LogP contribution >= 0.6 is 0 Å². The maximum absolute atomic E-state index is 10.7. The molecule has 0 amide bonds. The molecule has 0 fully saturated rings. The molecule has 0 saturated carbocycles. The van der Waals surface area contributed by atoms with Crippen molar-refractivity contribution in [2.45, 2.75) is 27.2 Å². The molecule has 0 aromatic heterocycles. The summed E-state index contributed by atoms with van der Waals surface area (Å²) in [6.45, 7) is 6.59. The maximum atomic E-state index is 10.7. The number of hydrogen-bond acceptors (Lipinski definition) is 2. The van der Waals surface area contributed by atoms with Crippen LogP contribution in [0.15, 0.2) is 24.3 Å². The van der Waals surface area contributed by atoms with E-state index in [4.69, 9.17) is 5.11 Å². The van der Waals surface area contributed by atoms with Crippen LogP contribution in [0, 0.1) is 12.3 Å². The molecule has 0 atom stereocenters. The lowest BCUT2D eigenvalue weighted by Crippen LogP contribution is -2.26. The predicted octanol–water partition coefficient (Wildman–Crippen LogP) is 2.91. The standard InChI is InChI=1S/C13H19NO2/c1-10-6-4-5-7-11(10)14-9-13(2,3)8-12(15)16/h4-7,14H,8-9H2,1-3H3,(H,15,16). The van der Waals surface area contributed by atoms with Gasteiger partial charge in [0.2, 0.25) is 0 Å². The highest BCUT2D eigenvalue weighted by atomic mass is 16.4. The van der Waals surface area contributed by atoms with Crippen molar-refractivity contribution in [2.24, 2.45) is 5.41 Å². The van der Waals surface area contributed by atoms with Crippen LogP contribution in [0.4, 0.5) is 5.69 Å². The Kier molecular flexibility index (Phi) is 3.93. The molecule has 1 aromatic carbocycles. The number of aryl methyl sites for hydroxylation is 1. The molecule has 2 N–H and O–H groups in total. The molecule has 0 saturated heterocycles. The van der Waals surface area contributed by atoms with Crippen molar-refractivity contribution in [3.8, 4) is 0 Å². The summed E-state index contributed by atoms with van der Waals surface area (Å²) in [5.41, 5.74) is 2.00. The van der Waals surface area contributed by atoms with Crippen molar-refractivity contribution in [1.82, 2.24) is 0 Å². The van der Waals surface area contributed by atoms with Gasteiger partial charge in [-0.15, -0.1) is 0 Å². The van der Waals surface area contributed by atoms with Gasteiger partial charge in [0.25, 0.3) is 0 Å². The first-order valence-electron chi connectivity index (χ1n) is 5.42. The van der Waals surface area contributed by atoms with Gasteiger partial charge in [0.15, 0.2) is 0 Å².